The molecule has 114 valence electrons. The van der Waals surface area contributed by atoms with Crippen molar-refractivity contribution in [1.29, 1.82) is 0 Å². The number of hydrogen-bond acceptors (Lipinski definition) is 3. The topological polar surface area (TPSA) is 72.3 Å². The molecule has 0 unspecified atom stereocenters. The lowest BCUT2D eigenvalue weighted by Gasteiger charge is -2.19. The van der Waals surface area contributed by atoms with Gasteiger partial charge in [-0.25, -0.2) is 0 Å². The molecule has 0 spiro atoms. The van der Waals surface area contributed by atoms with Crippen molar-refractivity contribution in [3.05, 3.63) is 40.5 Å². The zero-order chi connectivity index (χ0) is 16.3. The molecule has 5 N–H and O–H groups in total. The second-order valence-corrected chi connectivity index (χ2v) is 5.06. The van der Waals surface area contributed by atoms with Gasteiger partial charge in [0.1, 0.15) is 5.75 Å². The summed E-state index contributed by atoms with van der Waals surface area (Å²) < 4.78 is 0. The van der Waals surface area contributed by atoms with Crippen LogP contribution >= 0.6 is 0 Å². The Morgan fingerprint density at radius 1 is 0.810 bits per heavy atom. The highest BCUT2D eigenvalue weighted by atomic mass is 16.3. The molecule has 2 aromatic rings. The van der Waals surface area contributed by atoms with E-state index in [0.29, 0.717) is 5.69 Å². The Hall–Kier alpha value is -2.16. The highest BCUT2D eigenvalue weighted by molar-refractivity contribution is 5.80. The third-order valence-corrected chi connectivity index (χ3v) is 4.00. The molecule has 0 aliphatic rings. The maximum atomic E-state index is 9.79. The highest BCUT2D eigenvalue weighted by Crippen LogP contribution is 2.37. The van der Waals surface area contributed by atoms with E-state index >= 15 is 0 Å². The summed E-state index contributed by atoms with van der Waals surface area (Å²) in [5.41, 5.74) is 19.6. The molecule has 0 atom stereocenters. The van der Waals surface area contributed by atoms with Gasteiger partial charge in [0.05, 0.1) is 5.69 Å². The van der Waals surface area contributed by atoms with Crippen molar-refractivity contribution in [3.63, 3.8) is 0 Å². The van der Waals surface area contributed by atoms with Gasteiger partial charge < -0.3 is 16.6 Å². The summed E-state index contributed by atoms with van der Waals surface area (Å²) in [6.07, 6.45) is 0. The van der Waals surface area contributed by atoms with Crippen LogP contribution in [0.3, 0.4) is 0 Å². The van der Waals surface area contributed by atoms with Crippen molar-refractivity contribution in [3.8, 4) is 16.9 Å². The molecule has 21 heavy (non-hydrogen) atoms. The van der Waals surface area contributed by atoms with E-state index in [9.17, 15) is 5.11 Å². The molecule has 0 heterocycles. The second kappa shape index (κ2) is 6.53. The zero-order valence-electron chi connectivity index (χ0n) is 13.8. The van der Waals surface area contributed by atoms with Crippen LogP contribution in [0.25, 0.3) is 11.1 Å². The number of phenols is 1. The van der Waals surface area contributed by atoms with Crippen LogP contribution in [-0.2, 0) is 0 Å². The number of nitrogens with two attached hydrogens (primary N) is 2. The van der Waals surface area contributed by atoms with Crippen LogP contribution in [0.4, 0.5) is 11.4 Å². The Bertz CT molecular complexity index is 632. The second-order valence-electron chi connectivity index (χ2n) is 5.06. The summed E-state index contributed by atoms with van der Waals surface area (Å²) in [6, 6.07) is 5.36. The smallest absolute Gasteiger partial charge is 0.139 e. The third kappa shape index (κ3) is 2.97. The summed E-state index contributed by atoms with van der Waals surface area (Å²) in [5, 5.41) is 9.79. The van der Waals surface area contributed by atoms with Gasteiger partial charge in [-0.2, -0.15) is 0 Å². The lowest BCUT2D eigenvalue weighted by molar-refractivity contribution is 0.478. The van der Waals surface area contributed by atoms with Crippen molar-refractivity contribution >= 4 is 11.4 Å². The van der Waals surface area contributed by atoms with Gasteiger partial charge in [-0.15, -0.1) is 0 Å². The van der Waals surface area contributed by atoms with Gasteiger partial charge in [-0.05, 0) is 73.2 Å². The summed E-state index contributed by atoms with van der Waals surface area (Å²) in [6.45, 7) is 12.2. The fourth-order valence-electron chi connectivity index (χ4n) is 2.47. The van der Waals surface area contributed by atoms with Crippen molar-refractivity contribution in [2.45, 2.75) is 41.5 Å². The van der Waals surface area contributed by atoms with Gasteiger partial charge in [0.25, 0.3) is 0 Å². The minimum Gasteiger partial charge on any atom is -0.506 e. The lowest BCUT2D eigenvalue weighted by atomic mass is 9.88. The van der Waals surface area contributed by atoms with Crippen LogP contribution < -0.4 is 11.5 Å². The SMILES string of the molecule is CC.Cc1c(C)c(-c2ccc(N)c(O)c2)c(C)c(C)c1N. The average molecular weight is 286 g/mol. The summed E-state index contributed by atoms with van der Waals surface area (Å²) in [5.74, 6) is 0.114. The number of rotatable bonds is 1. The number of anilines is 2. The Kier molecular flexibility index (Phi) is 5.25. The molecule has 0 aliphatic heterocycles. The van der Waals surface area contributed by atoms with Gasteiger partial charge in [-0.3, -0.25) is 0 Å². The molecule has 3 heteroatoms. The predicted molar refractivity (Wildman–Crippen MR) is 92.7 cm³/mol. The molecule has 3 nitrogen and oxygen atoms in total. The molecule has 0 fully saturated rings. The standard InChI is InChI=1S/C16H20N2O.C2H6/c1-8-10(3)16(18)11(4)9(2)15(8)12-5-6-13(17)14(19)7-12;1-2/h5-7,19H,17-18H2,1-4H3;1-2H3. The van der Waals surface area contributed by atoms with E-state index in [2.05, 4.69) is 13.8 Å². The first-order valence-electron chi connectivity index (χ1n) is 7.29. The van der Waals surface area contributed by atoms with E-state index in [-0.39, 0.29) is 5.75 Å². The first-order valence-corrected chi connectivity index (χ1v) is 7.29. The summed E-state index contributed by atoms with van der Waals surface area (Å²) in [4.78, 5) is 0. The minimum absolute atomic E-state index is 0.114. The monoisotopic (exact) mass is 286 g/mol. The van der Waals surface area contributed by atoms with Crippen LogP contribution in [0.15, 0.2) is 18.2 Å². The number of nitrogen functional groups attached to an aromatic ring is 2. The minimum atomic E-state index is 0.114. The Morgan fingerprint density at radius 3 is 1.71 bits per heavy atom. The van der Waals surface area contributed by atoms with Crippen molar-refractivity contribution < 1.29 is 5.11 Å². The van der Waals surface area contributed by atoms with Crippen LogP contribution in [0.1, 0.15) is 36.1 Å². The van der Waals surface area contributed by atoms with Crippen molar-refractivity contribution in [2.24, 2.45) is 0 Å². The maximum Gasteiger partial charge on any atom is 0.139 e. The molecule has 0 amide bonds. The normalized spacial score (nSPS) is 10.0. The van der Waals surface area contributed by atoms with Crippen molar-refractivity contribution in [1.82, 2.24) is 0 Å². The highest BCUT2D eigenvalue weighted by Gasteiger charge is 2.15. The number of aromatic hydroxyl groups is 1. The van der Waals surface area contributed by atoms with Gasteiger partial charge in [-0.1, -0.05) is 19.9 Å². The van der Waals surface area contributed by atoms with E-state index in [1.165, 1.54) is 0 Å². The van der Waals surface area contributed by atoms with Gasteiger partial charge in [0.2, 0.25) is 0 Å². The molecular formula is C18H26N2O. The van der Waals surface area contributed by atoms with E-state index in [1.807, 2.05) is 33.8 Å². The summed E-state index contributed by atoms with van der Waals surface area (Å²) >= 11 is 0. The van der Waals surface area contributed by atoms with E-state index < -0.39 is 0 Å². The molecule has 0 saturated carbocycles. The zero-order valence-corrected chi connectivity index (χ0v) is 13.8. The molecule has 0 saturated heterocycles. The number of phenolic OH excluding ortho intramolecular Hbond substituents is 1. The maximum absolute atomic E-state index is 9.79. The average Bonchev–Trinajstić information content (AvgIpc) is 2.49. The van der Waals surface area contributed by atoms with Crippen LogP contribution in [-0.4, -0.2) is 5.11 Å². The van der Waals surface area contributed by atoms with E-state index in [0.717, 1.165) is 39.1 Å². The number of benzene rings is 2. The predicted octanol–water partition coefficient (Wildman–Crippen LogP) is 4.48. The van der Waals surface area contributed by atoms with Gasteiger partial charge in [0, 0.05) is 5.69 Å². The molecule has 0 aromatic heterocycles. The fraction of sp³-hybridized carbons (Fsp3) is 0.333. The number of hydrogen-bond donors (Lipinski definition) is 3. The Morgan fingerprint density at radius 2 is 1.29 bits per heavy atom. The Balaban J connectivity index is 0.00000106. The largest absolute Gasteiger partial charge is 0.506 e. The molecule has 0 aliphatic carbocycles. The molecule has 2 rings (SSSR count). The third-order valence-electron chi connectivity index (χ3n) is 4.00. The first-order chi connectivity index (χ1) is 9.84. The van der Waals surface area contributed by atoms with Crippen LogP contribution in [0, 0.1) is 27.7 Å². The Labute approximate surface area is 127 Å². The quantitative estimate of drug-likeness (QED) is 0.534. The van der Waals surface area contributed by atoms with E-state index in [4.69, 9.17) is 11.5 Å². The molecule has 0 bridgehead atoms. The first kappa shape index (κ1) is 16.9. The van der Waals surface area contributed by atoms with E-state index in [1.54, 1.807) is 12.1 Å². The lowest BCUT2D eigenvalue weighted by Crippen LogP contribution is -2.02. The van der Waals surface area contributed by atoms with Crippen LogP contribution in [0.5, 0.6) is 5.75 Å². The molecule has 2 aromatic carbocycles. The van der Waals surface area contributed by atoms with Gasteiger partial charge >= 0.3 is 0 Å². The molecule has 0 radical (unpaired) electrons. The van der Waals surface area contributed by atoms with Gasteiger partial charge in [0.15, 0.2) is 0 Å². The van der Waals surface area contributed by atoms with Crippen LogP contribution in [0.2, 0.25) is 0 Å². The molecular weight excluding hydrogens is 260 g/mol. The van der Waals surface area contributed by atoms with Crippen molar-refractivity contribution in [2.75, 3.05) is 11.5 Å². The summed E-state index contributed by atoms with van der Waals surface area (Å²) in [7, 11) is 0. The fourth-order valence-corrected chi connectivity index (χ4v) is 2.47.